The van der Waals surface area contributed by atoms with Gasteiger partial charge in [0, 0.05) is 24.8 Å². The van der Waals surface area contributed by atoms with E-state index < -0.39 is 0 Å². The fourth-order valence-corrected chi connectivity index (χ4v) is 3.24. The van der Waals surface area contributed by atoms with Crippen LogP contribution in [0, 0.1) is 0 Å². The van der Waals surface area contributed by atoms with E-state index in [4.69, 9.17) is 0 Å². The summed E-state index contributed by atoms with van der Waals surface area (Å²) in [5.41, 5.74) is 5.01. The van der Waals surface area contributed by atoms with Gasteiger partial charge in [-0.1, -0.05) is 32.0 Å². The Morgan fingerprint density at radius 2 is 2.08 bits per heavy atom. The number of fused-ring (bicyclic) bond motifs is 1. The van der Waals surface area contributed by atoms with Crippen LogP contribution in [0.3, 0.4) is 0 Å². The molecule has 0 atom stereocenters. The number of carbonyl (C=O) groups is 1. The van der Waals surface area contributed by atoms with E-state index in [1.807, 2.05) is 4.90 Å². The topological polar surface area (TPSA) is 87.7 Å². The van der Waals surface area contributed by atoms with E-state index in [1.165, 1.54) is 16.7 Å². The second-order valence-corrected chi connectivity index (χ2v) is 6.82. The fourth-order valence-electron chi connectivity index (χ4n) is 3.24. The third-order valence-corrected chi connectivity index (χ3v) is 4.78. The van der Waals surface area contributed by atoms with Crippen molar-refractivity contribution in [3.05, 3.63) is 58.9 Å². The van der Waals surface area contributed by atoms with Crippen molar-refractivity contribution in [1.29, 1.82) is 0 Å². The Kier molecular flexibility index (Phi) is 4.20. The molecule has 0 unspecified atom stereocenters. The molecule has 0 bridgehead atoms. The van der Waals surface area contributed by atoms with Crippen LogP contribution in [0.2, 0.25) is 0 Å². The van der Waals surface area contributed by atoms with E-state index in [0.717, 1.165) is 12.0 Å². The van der Waals surface area contributed by atoms with E-state index >= 15 is 0 Å². The van der Waals surface area contributed by atoms with Gasteiger partial charge in [-0.3, -0.25) is 9.78 Å². The van der Waals surface area contributed by atoms with E-state index in [1.54, 1.807) is 18.3 Å². The van der Waals surface area contributed by atoms with E-state index in [2.05, 4.69) is 57.7 Å². The molecule has 0 aliphatic carbocycles. The number of pyridine rings is 1. The van der Waals surface area contributed by atoms with Gasteiger partial charge in [0.25, 0.3) is 5.91 Å². The number of amides is 1. The Morgan fingerprint density at radius 1 is 1.19 bits per heavy atom. The number of benzene rings is 1. The molecule has 2 aromatic heterocycles. The third-order valence-electron chi connectivity index (χ3n) is 4.78. The Labute approximate surface area is 151 Å². The molecule has 1 N–H and O–H groups in total. The molecule has 26 heavy (non-hydrogen) atoms. The minimum atomic E-state index is -0.0751. The highest BCUT2D eigenvalue weighted by molar-refractivity contribution is 5.93. The summed E-state index contributed by atoms with van der Waals surface area (Å²) in [6.45, 7) is 5.70. The van der Waals surface area contributed by atoms with E-state index in [0.29, 0.717) is 30.5 Å². The summed E-state index contributed by atoms with van der Waals surface area (Å²) in [5.74, 6) is 0.887. The summed E-state index contributed by atoms with van der Waals surface area (Å²) in [7, 11) is 0. The summed E-state index contributed by atoms with van der Waals surface area (Å²) in [6.07, 6.45) is 2.47. The predicted molar refractivity (Wildman–Crippen MR) is 96.4 cm³/mol. The maximum absolute atomic E-state index is 12.9. The van der Waals surface area contributed by atoms with Gasteiger partial charge in [-0.05, 0) is 46.4 Å². The smallest absolute Gasteiger partial charge is 0.272 e. The molecule has 0 saturated carbocycles. The zero-order valence-electron chi connectivity index (χ0n) is 14.8. The molecular weight excluding hydrogens is 328 g/mol. The molecule has 7 nitrogen and oxygen atoms in total. The van der Waals surface area contributed by atoms with Crippen LogP contribution in [-0.2, 0) is 13.0 Å². The van der Waals surface area contributed by atoms with Gasteiger partial charge in [0.05, 0.1) is 0 Å². The molecule has 0 fully saturated rings. The van der Waals surface area contributed by atoms with E-state index in [9.17, 15) is 4.79 Å². The lowest BCUT2D eigenvalue weighted by Crippen LogP contribution is -2.36. The fraction of sp³-hybridized carbons (Fsp3) is 0.316. The zero-order valence-corrected chi connectivity index (χ0v) is 14.8. The Hall–Kier alpha value is -3.09. The van der Waals surface area contributed by atoms with Crippen molar-refractivity contribution in [3.63, 3.8) is 0 Å². The van der Waals surface area contributed by atoms with Crippen LogP contribution in [-0.4, -0.2) is 43.0 Å². The maximum atomic E-state index is 12.9. The summed E-state index contributed by atoms with van der Waals surface area (Å²) in [6, 6.07) is 10.1. The van der Waals surface area contributed by atoms with Gasteiger partial charge >= 0.3 is 0 Å². The number of tetrazole rings is 1. The third kappa shape index (κ3) is 3.08. The van der Waals surface area contributed by atoms with Crippen LogP contribution in [0.15, 0.2) is 36.5 Å². The molecule has 1 amide bonds. The van der Waals surface area contributed by atoms with Crippen molar-refractivity contribution in [2.24, 2.45) is 0 Å². The van der Waals surface area contributed by atoms with Crippen LogP contribution < -0.4 is 0 Å². The Morgan fingerprint density at radius 3 is 2.85 bits per heavy atom. The molecule has 0 radical (unpaired) electrons. The number of nitrogens with zero attached hydrogens (tertiary/aromatic N) is 5. The average Bonchev–Trinajstić information content (AvgIpc) is 3.21. The lowest BCUT2D eigenvalue weighted by molar-refractivity contribution is 0.0729. The number of carbonyl (C=O) groups excluding carboxylic acids is 1. The molecule has 4 rings (SSSR count). The molecule has 1 aliphatic heterocycles. The highest BCUT2D eigenvalue weighted by atomic mass is 16.2. The summed E-state index contributed by atoms with van der Waals surface area (Å²) < 4.78 is 0. The molecule has 132 valence electrons. The molecule has 3 heterocycles. The first-order valence-corrected chi connectivity index (χ1v) is 8.72. The second-order valence-electron chi connectivity index (χ2n) is 6.82. The standard InChI is InChI=1S/C19H20N6O/c1-12(2)13-3-4-16-11-25(8-6-14(16)9-13)19(26)17-10-15(5-7-20-17)18-21-23-24-22-18/h3-5,7,9-10,12H,6,8,11H2,1-2H3,(H,21,22,23,24). The first-order chi connectivity index (χ1) is 12.6. The van der Waals surface area contributed by atoms with Crippen LogP contribution in [0.4, 0.5) is 0 Å². The normalized spacial score (nSPS) is 13.7. The number of aromatic amines is 1. The van der Waals surface area contributed by atoms with E-state index in [-0.39, 0.29) is 5.91 Å². The molecule has 7 heteroatoms. The van der Waals surface area contributed by atoms with Gasteiger partial charge < -0.3 is 4.90 Å². The van der Waals surface area contributed by atoms with Gasteiger partial charge in [0.15, 0.2) is 0 Å². The van der Waals surface area contributed by atoms with Crippen molar-refractivity contribution in [2.45, 2.75) is 32.7 Å². The maximum Gasteiger partial charge on any atom is 0.272 e. The van der Waals surface area contributed by atoms with Crippen molar-refractivity contribution in [2.75, 3.05) is 6.54 Å². The highest BCUT2D eigenvalue weighted by Crippen LogP contribution is 2.25. The van der Waals surface area contributed by atoms with Gasteiger partial charge in [0.2, 0.25) is 5.82 Å². The van der Waals surface area contributed by atoms with Crippen molar-refractivity contribution in [3.8, 4) is 11.4 Å². The minimum absolute atomic E-state index is 0.0751. The molecule has 1 aromatic carbocycles. The lowest BCUT2D eigenvalue weighted by Gasteiger charge is -2.29. The SMILES string of the molecule is CC(C)c1ccc2c(c1)CCN(C(=O)c1cc(-c3nn[nH]n3)ccn1)C2. The number of H-pyrrole nitrogens is 1. The van der Waals surface area contributed by atoms with Crippen molar-refractivity contribution >= 4 is 5.91 Å². The monoisotopic (exact) mass is 348 g/mol. The number of hydrogen-bond donors (Lipinski definition) is 1. The molecule has 1 aliphatic rings. The average molecular weight is 348 g/mol. The number of aromatic nitrogens is 5. The number of hydrogen-bond acceptors (Lipinski definition) is 5. The Bertz CT molecular complexity index is 935. The summed E-state index contributed by atoms with van der Waals surface area (Å²) >= 11 is 0. The first kappa shape index (κ1) is 16.4. The van der Waals surface area contributed by atoms with Gasteiger partial charge in [-0.2, -0.15) is 5.21 Å². The number of nitrogens with one attached hydrogen (secondary N) is 1. The van der Waals surface area contributed by atoms with Crippen LogP contribution in [0.1, 0.15) is 46.9 Å². The zero-order chi connectivity index (χ0) is 18.1. The number of rotatable bonds is 3. The summed E-state index contributed by atoms with van der Waals surface area (Å²) in [4.78, 5) is 19.0. The van der Waals surface area contributed by atoms with Crippen LogP contribution in [0.5, 0.6) is 0 Å². The summed E-state index contributed by atoms with van der Waals surface area (Å²) in [5, 5.41) is 13.9. The lowest BCUT2D eigenvalue weighted by atomic mass is 9.93. The van der Waals surface area contributed by atoms with Crippen molar-refractivity contribution in [1.82, 2.24) is 30.5 Å². The van der Waals surface area contributed by atoms with Gasteiger partial charge in [-0.25, -0.2) is 0 Å². The first-order valence-electron chi connectivity index (χ1n) is 8.72. The van der Waals surface area contributed by atoms with Crippen molar-refractivity contribution < 1.29 is 4.79 Å². The minimum Gasteiger partial charge on any atom is -0.333 e. The van der Waals surface area contributed by atoms with Crippen LogP contribution >= 0.6 is 0 Å². The quantitative estimate of drug-likeness (QED) is 0.786. The van der Waals surface area contributed by atoms with Gasteiger partial charge in [0.1, 0.15) is 5.69 Å². The second kappa shape index (κ2) is 6.67. The molecule has 0 saturated heterocycles. The van der Waals surface area contributed by atoms with Gasteiger partial charge in [-0.15, -0.1) is 10.2 Å². The molecular formula is C19H20N6O. The predicted octanol–water partition coefficient (Wildman–Crippen LogP) is 2.58. The highest BCUT2D eigenvalue weighted by Gasteiger charge is 2.23. The molecule has 3 aromatic rings. The largest absolute Gasteiger partial charge is 0.333 e. The molecule has 0 spiro atoms. The Balaban J connectivity index is 1.56. The van der Waals surface area contributed by atoms with Crippen LogP contribution in [0.25, 0.3) is 11.4 Å².